The minimum absolute atomic E-state index is 0.0373. The zero-order chi connectivity index (χ0) is 23.4. The molecule has 0 aromatic heterocycles. The van der Waals surface area contributed by atoms with Gasteiger partial charge in [-0.1, -0.05) is 32.9 Å². The van der Waals surface area contributed by atoms with Gasteiger partial charge in [0.2, 0.25) is 15.9 Å². The van der Waals surface area contributed by atoms with Gasteiger partial charge in [0.05, 0.1) is 6.61 Å². The minimum atomic E-state index is -3.71. The van der Waals surface area contributed by atoms with E-state index in [0.717, 1.165) is 4.31 Å². The second-order valence-electron chi connectivity index (χ2n) is 8.56. The maximum atomic E-state index is 12.7. The van der Waals surface area contributed by atoms with Crippen molar-refractivity contribution in [1.82, 2.24) is 4.31 Å². The molecule has 2 aromatic rings. The highest BCUT2D eigenvalue weighted by atomic mass is 32.2. The Hall–Kier alpha value is -2.58. The summed E-state index contributed by atoms with van der Waals surface area (Å²) in [5.41, 5.74) is 2.43. The van der Waals surface area contributed by atoms with E-state index in [2.05, 4.69) is 31.4 Å². The molecule has 0 saturated carbocycles. The molecular weight excluding hydrogens is 414 g/mol. The standard InChI is InChI=1S/C23H33N3O4S/c1-8-30-20-14-13-19(15-21(20)31(28,29)26(6)7)24-16(2)22(27)25-18-11-9-17(10-12-18)23(3,4)5/h9-16,24H,8H2,1-7H3,(H,25,27)/t16-/m1/s1. The highest BCUT2D eigenvalue weighted by Crippen LogP contribution is 2.29. The number of rotatable bonds is 8. The number of benzene rings is 2. The van der Waals surface area contributed by atoms with Gasteiger partial charge in [0, 0.05) is 25.5 Å². The third-order valence-corrected chi connectivity index (χ3v) is 6.63. The Morgan fingerprint density at radius 3 is 2.16 bits per heavy atom. The van der Waals surface area contributed by atoms with E-state index < -0.39 is 16.1 Å². The molecule has 0 aliphatic heterocycles. The van der Waals surface area contributed by atoms with E-state index in [0.29, 0.717) is 18.0 Å². The lowest BCUT2D eigenvalue weighted by molar-refractivity contribution is -0.116. The summed E-state index contributed by atoms with van der Waals surface area (Å²) in [6.45, 7) is 10.3. The number of carbonyl (C=O) groups is 1. The average Bonchev–Trinajstić information content (AvgIpc) is 2.68. The van der Waals surface area contributed by atoms with Crippen molar-refractivity contribution in [3.05, 3.63) is 48.0 Å². The van der Waals surface area contributed by atoms with Crippen molar-refractivity contribution < 1.29 is 17.9 Å². The van der Waals surface area contributed by atoms with Gasteiger partial charge in [-0.3, -0.25) is 4.79 Å². The Bertz CT molecular complexity index is 1010. The summed E-state index contributed by atoms with van der Waals surface area (Å²) < 4.78 is 32.0. The molecule has 0 unspecified atom stereocenters. The van der Waals surface area contributed by atoms with Gasteiger partial charge < -0.3 is 15.4 Å². The van der Waals surface area contributed by atoms with Gasteiger partial charge in [-0.05, 0) is 55.2 Å². The molecule has 31 heavy (non-hydrogen) atoms. The summed E-state index contributed by atoms with van der Waals surface area (Å²) in [5, 5.41) is 5.95. The Labute approximate surface area is 185 Å². The molecule has 0 heterocycles. The van der Waals surface area contributed by atoms with Crippen molar-refractivity contribution in [2.24, 2.45) is 0 Å². The maximum absolute atomic E-state index is 12.7. The predicted molar refractivity (Wildman–Crippen MR) is 125 cm³/mol. The van der Waals surface area contributed by atoms with Crippen LogP contribution < -0.4 is 15.4 Å². The molecule has 1 atom stereocenters. The fourth-order valence-corrected chi connectivity index (χ4v) is 3.94. The van der Waals surface area contributed by atoms with E-state index >= 15 is 0 Å². The topological polar surface area (TPSA) is 87.7 Å². The summed E-state index contributed by atoms with van der Waals surface area (Å²) in [6, 6.07) is 11.9. The smallest absolute Gasteiger partial charge is 0.246 e. The molecule has 170 valence electrons. The van der Waals surface area contributed by atoms with E-state index in [9.17, 15) is 13.2 Å². The molecule has 1 amide bonds. The fourth-order valence-electron chi connectivity index (χ4n) is 2.89. The molecule has 0 spiro atoms. The lowest BCUT2D eigenvalue weighted by Gasteiger charge is -2.20. The zero-order valence-electron chi connectivity index (χ0n) is 19.3. The molecular formula is C23H33N3O4S. The van der Waals surface area contributed by atoms with Crippen LogP contribution in [0.1, 0.15) is 40.2 Å². The summed E-state index contributed by atoms with van der Waals surface area (Å²) in [7, 11) is -0.776. The molecule has 2 rings (SSSR count). The third-order valence-electron chi connectivity index (χ3n) is 4.80. The lowest BCUT2D eigenvalue weighted by atomic mass is 9.87. The molecule has 0 saturated heterocycles. The van der Waals surface area contributed by atoms with Crippen LogP contribution in [0.15, 0.2) is 47.4 Å². The number of nitrogens with one attached hydrogen (secondary N) is 2. The van der Waals surface area contributed by atoms with E-state index in [-0.39, 0.29) is 22.0 Å². The molecule has 7 nitrogen and oxygen atoms in total. The monoisotopic (exact) mass is 447 g/mol. The van der Waals surface area contributed by atoms with Gasteiger partial charge in [-0.15, -0.1) is 0 Å². The maximum Gasteiger partial charge on any atom is 0.246 e. The Kier molecular flexibility index (Phi) is 7.72. The number of carbonyl (C=O) groups excluding carboxylic acids is 1. The van der Waals surface area contributed by atoms with Crippen LogP contribution in [0, 0.1) is 0 Å². The molecule has 0 fully saturated rings. The average molecular weight is 448 g/mol. The number of nitrogens with zero attached hydrogens (tertiary/aromatic N) is 1. The summed E-state index contributed by atoms with van der Waals surface area (Å²) >= 11 is 0. The summed E-state index contributed by atoms with van der Waals surface area (Å²) in [5.74, 6) is 0.0483. The van der Waals surface area contributed by atoms with Crippen molar-refractivity contribution in [1.29, 1.82) is 0 Å². The molecule has 0 radical (unpaired) electrons. The first-order valence-corrected chi connectivity index (χ1v) is 11.7. The first-order chi connectivity index (χ1) is 14.4. The van der Waals surface area contributed by atoms with Crippen molar-refractivity contribution in [3.63, 3.8) is 0 Å². The van der Waals surface area contributed by atoms with E-state index in [1.807, 2.05) is 24.3 Å². The summed E-state index contributed by atoms with van der Waals surface area (Å²) in [4.78, 5) is 12.7. The quantitative estimate of drug-likeness (QED) is 0.637. The number of ether oxygens (including phenoxy) is 1. The highest BCUT2D eigenvalue weighted by molar-refractivity contribution is 7.89. The van der Waals surface area contributed by atoms with Crippen LogP contribution in [0.4, 0.5) is 11.4 Å². The largest absolute Gasteiger partial charge is 0.492 e. The van der Waals surface area contributed by atoms with E-state index in [4.69, 9.17) is 4.74 Å². The van der Waals surface area contributed by atoms with Crippen molar-refractivity contribution in [3.8, 4) is 5.75 Å². The SMILES string of the molecule is CCOc1ccc(N[C@H](C)C(=O)Nc2ccc(C(C)(C)C)cc2)cc1S(=O)(=O)N(C)C. The van der Waals surface area contributed by atoms with E-state index in [1.54, 1.807) is 26.0 Å². The van der Waals surface area contributed by atoms with Gasteiger partial charge >= 0.3 is 0 Å². The highest BCUT2D eigenvalue weighted by Gasteiger charge is 2.24. The second-order valence-corrected chi connectivity index (χ2v) is 10.7. The minimum Gasteiger partial charge on any atom is -0.492 e. The predicted octanol–water partition coefficient (Wildman–Crippen LogP) is 4.07. The molecule has 2 N–H and O–H groups in total. The van der Waals surface area contributed by atoms with Crippen molar-refractivity contribution in [2.75, 3.05) is 31.3 Å². The van der Waals surface area contributed by atoms with E-state index in [1.165, 1.54) is 25.7 Å². The van der Waals surface area contributed by atoms with Crippen LogP contribution in [-0.4, -0.2) is 45.4 Å². The molecule has 2 aromatic carbocycles. The number of hydrogen-bond acceptors (Lipinski definition) is 5. The van der Waals surface area contributed by atoms with Crippen LogP contribution in [0.25, 0.3) is 0 Å². The zero-order valence-corrected chi connectivity index (χ0v) is 20.1. The fraction of sp³-hybridized carbons (Fsp3) is 0.435. The summed E-state index contributed by atoms with van der Waals surface area (Å²) in [6.07, 6.45) is 0. The molecule has 0 aliphatic rings. The van der Waals surface area contributed by atoms with Gasteiger partial charge in [0.25, 0.3) is 0 Å². The van der Waals surface area contributed by atoms with Crippen LogP contribution in [-0.2, 0) is 20.2 Å². The normalized spacial score (nSPS) is 13.0. The molecule has 0 aliphatic carbocycles. The van der Waals surface area contributed by atoms with Crippen LogP contribution in [0.2, 0.25) is 0 Å². The number of sulfonamides is 1. The first kappa shape index (κ1) is 24.7. The van der Waals surface area contributed by atoms with Gasteiger partial charge in [0.1, 0.15) is 16.7 Å². The third kappa shape index (κ3) is 6.21. The Morgan fingerprint density at radius 2 is 1.65 bits per heavy atom. The van der Waals surface area contributed by atoms with Crippen molar-refractivity contribution in [2.45, 2.75) is 51.0 Å². The van der Waals surface area contributed by atoms with Crippen LogP contribution >= 0.6 is 0 Å². The number of amides is 1. The van der Waals surface area contributed by atoms with Crippen molar-refractivity contribution >= 4 is 27.3 Å². The number of anilines is 2. The Balaban J connectivity index is 2.17. The first-order valence-electron chi connectivity index (χ1n) is 10.2. The van der Waals surface area contributed by atoms with Gasteiger partial charge in [-0.2, -0.15) is 0 Å². The molecule has 0 bridgehead atoms. The molecule has 8 heteroatoms. The van der Waals surface area contributed by atoms with Gasteiger partial charge in [-0.25, -0.2) is 12.7 Å². The van der Waals surface area contributed by atoms with Crippen LogP contribution in [0.5, 0.6) is 5.75 Å². The number of hydrogen-bond donors (Lipinski definition) is 2. The van der Waals surface area contributed by atoms with Crippen LogP contribution in [0.3, 0.4) is 0 Å². The Morgan fingerprint density at radius 1 is 1.06 bits per heavy atom. The lowest BCUT2D eigenvalue weighted by Crippen LogP contribution is -2.32. The van der Waals surface area contributed by atoms with Gasteiger partial charge in [0.15, 0.2) is 0 Å². The second kappa shape index (κ2) is 9.70.